The van der Waals surface area contributed by atoms with E-state index in [2.05, 4.69) is 4.74 Å². The number of carbonyl (C=O) groups is 1. The lowest BCUT2D eigenvalue weighted by Crippen LogP contribution is -2.25. The van der Waals surface area contributed by atoms with Crippen molar-refractivity contribution in [3.63, 3.8) is 0 Å². The Labute approximate surface area is 98.3 Å². The minimum Gasteiger partial charge on any atom is -0.477 e. The molecule has 0 aromatic heterocycles. The summed E-state index contributed by atoms with van der Waals surface area (Å²) >= 11 is 5.87. The maximum absolute atomic E-state index is 11.1. The van der Waals surface area contributed by atoms with Gasteiger partial charge in [-0.25, -0.2) is 4.79 Å². The Morgan fingerprint density at radius 3 is 2.75 bits per heavy atom. The molecule has 0 spiro atoms. The van der Waals surface area contributed by atoms with E-state index >= 15 is 0 Å². The van der Waals surface area contributed by atoms with Crippen molar-refractivity contribution in [3.05, 3.63) is 28.8 Å². The monoisotopic (exact) mass is 239 g/mol. The molecule has 0 saturated heterocycles. The smallest absolute Gasteiger partial charge is 0.346 e. The van der Waals surface area contributed by atoms with Gasteiger partial charge in [-0.15, -0.1) is 0 Å². The minimum atomic E-state index is -0.740. The van der Waals surface area contributed by atoms with Gasteiger partial charge in [0, 0.05) is 0 Å². The highest BCUT2D eigenvalue weighted by molar-refractivity contribution is 6.32. The van der Waals surface area contributed by atoms with Crippen LogP contribution in [0.25, 0.3) is 0 Å². The van der Waals surface area contributed by atoms with Crippen molar-refractivity contribution in [2.45, 2.75) is 13.0 Å². The van der Waals surface area contributed by atoms with Gasteiger partial charge in [-0.2, -0.15) is 5.26 Å². The van der Waals surface area contributed by atoms with E-state index in [1.165, 1.54) is 13.2 Å². The van der Waals surface area contributed by atoms with Crippen molar-refractivity contribution in [3.8, 4) is 11.8 Å². The van der Waals surface area contributed by atoms with Crippen molar-refractivity contribution >= 4 is 17.6 Å². The zero-order valence-electron chi connectivity index (χ0n) is 8.86. The molecular formula is C11H10ClNO3. The van der Waals surface area contributed by atoms with Crippen LogP contribution in [0.2, 0.25) is 5.02 Å². The summed E-state index contributed by atoms with van der Waals surface area (Å²) in [6.07, 6.45) is -0.740. The van der Waals surface area contributed by atoms with Gasteiger partial charge in [0.2, 0.25) is 0 Å². The van der Waals surface area contributed by atoms with Crippen molar-refractivity contribution in [2.24, 2.45) is 0 Å². The Bertz CT molecular complexity index is 439. The number of rotatable bonds is 3. The molecule has 0 aliphatic rings. The largest absolute Gasteiger partial charge is 0.477 e. The third kappa shape index (κ3) is 2.88. The van der Waals surface area contributed by atoms with Gasteiger partial charge < -0.3 is 9.47 Å². The van der Waals surface area contributed by atoms with Crippen LogP contribution in [-0.4, -0.2) is 19.2 Å². The second-order valence-corrected chi connectivity index (χ2v) is 3.45. The van der Waals surface area contributed by atoms with E-state index in [0.717, 1.165) is 0 Å². The Morgan fingerprint density at radius 1 is 1.56 bits per heavy atom. The highest BCUT2D eigenvalue weighted by atomic mass is 35.5. The van der Waals surface area contributed by atoms with Crippen molar-refractivity contribution in [1.29, 1.82) is 5.26 Å². The summed E-state index contributed by atoms with van der Waals surface area (Å²) in [5.41, 5.74) is 0.433. The number of hydrogen-bond acceptors (Lipinski definition) is 4. The minimum absolute atomic E-state index is 0.287. The fourth-order valence-corrected chi connectivity index (χ4v) is 1.30. The molecule has 0 heterocycles. The summed E-state index contributed by atoms with van der Waals surface area (Å²) in [7, 11) is 1.28. The molecule has 4 nitrogen and oxygen atoms in total. The predicted octanol–water partition coefficient (Wildman–Crippen LogP) is 2.15. The summed E-state index contributed by atoms with van der Waals surface area (Å²) in [5.74, 6) is -0.140. The van der Waals surface area contributed by atoms with E-state index in [4.69, 9.17) is 21.6 Å². The molecule has 1 aromatic carbocycles. The third-order valence-electron chi connectivity index (χ3n) is 1.90. The highest BCUT2D eigenvalue weighted by Gasteiger charge is 2.16. The quantitative estimate of drug-likeness (QED) is 0.759. The van der Waals surface area contributed by atoms with Crippen molar-refractivity contribution in [2.75, 3.05) is 7.11 Å². The van der Waals surface area contributed by atoms with Crippen LogP contribution in [0.1, 0.15) is 12.5 Å². The van der Waals surface area contributed by atoms with Gasteiger partial charge in [0.05, 0.1) is 23.8 Å². The molecule has 1 aromatic rings. The Morgan fingerprint density at radius 2 is 2.25 bits per heavy atom. The van der Waals surface area contributed by atoms with Crippen LogP contribution in [0.5, 0.6) is 5.75 Å². The average Bonchev–Trinajstić information content (AvgIpc) is 2.30. The zero-order chi connectivity index (χ0) is 12.1. The van der Waals surface area contributed by atoms with E-state index in [0.29, 0.717) is 11.3 Å². The number of benzene rings is 1. The zero-order valence-corrected chi connectivity index (χ0v) is 9.62. The molecule has 0 N–H and O–H groups in total. The fraction of sp³-hybridized carbons (Fsp3) is 0.273. The molecule has 0 bridgehead atoms. The Kier molecular flexibility index (Phi) is 4.15. The number of esters is 1. The van der Waals surface area contributed by atoms with E-state index in [1.54, 1.807) is 19.1 Å². The lowest BCUT2D eigenvalue weighted by Gasteiger charge is -2.13. The maximum atomic E-state index is 11.1. The van der Waals surface area contributed by atoms with Gasteiger partial charge in [0.1, 0.15) is 5.75 Å². The lowest BCUT2D eigenvalue weighted by atomic mass is 10.2. The van der Waals surface area contributed by atoms with E-state index in [1.807, 2.05) is 6.07 Å². The molecule has 0 fully saturated rings. The second kappa shape index (κ2) is 5.38. The highest BCUT2D eigenvalue weighted by Crippen LogP contribution is 2.26. The SMILES string of the molecule is COC(=O)[C@H](C)Oc1ccc(C#N)cc1Cl. The summed E-state index contributed by atoms with van der Waals surface area (Å²) in [6.45, 7) is 1.56. The number of methoxy groups -OCH3 is 1. The second-order valence-electron chi connectivity index (χ2n) is 3.04. The summed E-state index contributed by atoms with van der Waals surface area (Å²) in [5, 5.41) is 8.92. The third-order valence-corrected chi connectivity index (χ3v) is 2.19. The topological polar surface area (TPSA) is 59.3 Å². The van der Waals surface area contributed by atoms with Crippen LogP contribution >= 0.6 is 11.6 Å². The fourth-order valence-electron chi connectivity index (χ4n) is 1.07. The van der Waals surface area contributed by atoms with E-state index in [-0.39, 0.29) is 5.02 Å². The first-order valence-corrected chi connectivity index (χ1v) is 4.90. The molecule has 0 aliphatic carbocycles. The van der Waals surface area contributed by atoms with Crippen LogP contribution < -0.4 is 4.74 Å². The molecule has 0 saturated carbocycles. The van der Waals surface area contributed by atoms with E-state index in [9.17, 15) is 4.79 Å². The number of hydrogen-bond donors (Lipinski definition) is 0. The molecular weight excluding hydrogens is 230 g/mol. The maximum Gasteiger partial charge on any atom is 0.346 e. The van der Waals surface area contributed by atoms with Crippen LogP contribution in [0.4, 0.5) is 0 Å². The van der Waals surface area contributed by atoms with E-state index < -0.39 is 12.1 Å². The summed E-state index contributed by atoms with van der Waals surface area (Å²) < 4.78 is 9.79. The number of nitriles is 1. The molecule has 0 aliphatic heterocycles. The molecule has 0 unspecified atom stereocenters. The predicted molar refractivity (Wildman–Crippen MR) is 58.3 cm³/mol. The first-order chi connectivity index (χ1) is 7.58. The molecule has 84 valence electrons. The number of nitrogens with zero attached hydrogens (tertiary/aromatic N) is 1. The van der Waals surface area contributed by atoms with Gasteiger partial charge in [-0.3, -0.25) is 0 Å². The molecule has 16 heavy (non-hydrogen) atoms. The molecule has 1 rings (SSSR count). The van der Waals surface area contributed by atoms with Crippen LogP contribution in [0.15, 0.2) is 18.2 Å². The Balaban J connectivity index is 2.83. The first kappa shape index (κ1) is 12.3. The van der Waals surface area contributed by atoms with Crippen molar-refractivity contribution in [1.82, 2.24) is 0 Å². The summed E-state index contributed by atoms with van der Waals surface area (Å²) in [6, 6.07) is 6.53. The molecule has 0 radical (unpaired) electrons. The van der Waals surface area contributed by atoms with Crippen LogP contribution in [0.3, 0.4) is 0 Å². The first-order valence-electron chi connectivity index (χ1n) is 4.52. The van der Waals surface area contributed by atoms with Crippen LogP contribution in [-0.2, 0) is 9.53 Å². The van der Waals surface area contributed by atoms with Crippen molar-refractivity contribution < 1.29 is 14.3 Å². The number of ether oxygens (including phenoxy) is 2. The molecule has 1 atom stereocenters. The standard InChI is InChI=1S/C11H10ClNO3/c1-7(11(14)15-2)16-10-4-3-8(6-13)5-9(10)12/h3-5,7H,1-2H3/t7-/m0/s1. The number of carbonyl (C=O) groups excluding carboxylic acids is 1. The van der Waals surface area contributed by atoms with Gasteiger partial charge in [-0.05, 0) is 25.1 Å². The van der Waals surface area contributed by atoms with Crippen LogP contribution in [0, 0.1) is 11.3 Å². The molecule has 5 heteroatoms. The summed E-state index contributed by atoms with van der Waals surface area (Å²) in [4.78, 5) is 11.1. The normalized spacial score (nSPS) is 11.4. The van der Waals surface area contributed by atoms with Gasteiger partial charge in [-0.1, -0.05) is 11.6 Å². The number of halogens is 1. The van der Waals surface area contributed by atoms with Gasteiger partial charge >= 0.3 is 5.97 Å². The van der Waals surface area contributed by atoms with Gasteiger partial charge in [0.25, 0.3) is 0 Å². The lowest BCUT2D eigenvalue weighted by molar-refractivity contribution is -0.147. The molecule has 0 amide bonds. The van der Waals surface area contributed by atoms with Gasteiger partial charge in [0.15, 0.2) is 6.10 Å². The average molecular weight is 240 g/mol. The Hall–Kier alpha value is -1.73.